The van der Waals surface area contributed by atoms with Crippen molar-refractivity contribution in [3.63, 3.8) is 0 Å². The number of hydrogen-bond acceptors (Lipinski definition) is 5. The molecule has 0 atom stereocenters. The lowest BCUT2D eigenvalue weighted by Crippen LogP contribution is -2.33. The molecule has 0 bridgehead atoms. The zero-order chi connectivity index (χ0) is 16.7. The average molecular weight is 316 g/mol. The highest BCUT2D eigenvalue weighted by Gasteiger charge is 2.17. The van der Waals surface area contributed by atoms with E-state index >= 15 is 0 Å². The lowest BCUT2D eigenvalue weighted by molar-refractivity contribution is 0.0749. The number of nitrogens with zero attached hydrogens (tertiary/aromatic N) is 3. The van der Waals surface area contributed by atoms with Crippen molar-refractivity contribution in [2.75, 3.05) is 18.4 Å². The third kappa shape index (κ3) is 4.81. The molecule has 1 amide bonds. The van der Waals surface area contributed by atoms with Crippen LogP contribution >= 0.6 is 0 Å². The molecule has 2 aromatic rings. The van der Waals surface area contributed by atoms with E-state index in [0.717, 1.165) is 31.7 Å². The second-order valence-electron chi connectivity index (χ2n) is 5.41. The highest BCUT2D eigenvalue weighted by molar-refractivity contribution is 5.93. The van der Waals surface area contributed by atoms with E-state index in [-0.39, 0.29) is 5.91 Å². The molecule has 6 nitrogen and oxygen atoms in total. The predicted molar refractivity (Wildman–Crippen MR) is 89.3 cm³/mol. The second-order valence-corrected chi connectivity index (χ2v) is 5.41. The van der Waals surface area contributed by atoms with Gasteiger partial charge in [0.05, 0.1) is 12.8 Å². The molecule has 2 aromatic heterocycles. The topological polar surface area (TPSA) is 71.3 Å². The Morgan fingerprint density at radius 1 is 1.26 bits per heavy atom. The van der Waals surface area contributed by atoms with Gasteiger partial charge >= 0.3 is 0 Å². The van der Waals surface area contributed by atoms with Gasteiger partial charge in [0.15, 0.2) is 0 Å². The SMILES string of the molecule is CCCN(CCC)C(=O)c1cc(NCc2ccco2)nc(C)n1. The quantitative estimate of drug-likeness (QED) is 0.809. The summed E-state index contributed by atoms with van der Waals surface area (Å²) in [6, 6.07) is 5.43. The normalized spacial score (nSPS) is 10.6. The van der Waals surface area contributed by atoms with Crippen LogP contribution in [0.3, 0.4) is 0 Å². The van der Waals surface area contributed by atoms with Crippen LogP contribution in [-0.2, 0) is 6.54 Å². The van der Waals surface area contributed by atoms with Gasteiger partial charge in [0.1, 0.15) is 23.1 Å². The third-order valence-corrected chi connectivity index (χ3v) is 3.36. The van der Waals surface area contributed by atoms with Gasteiger partial charge in [-0.1, -0.05) is 13.8 Å². The minimum atomic E-state index is -0.0414. The van der Waals surface area contributed by atoms with Crippen molar-refractivity contribution in [2.45, 2.75) is 40.2 Å². The monoisotopic (exact) mass is 316 g/mol. The summed E-state index contributed by atoms with van der Waals surface area (Å²) in [5.74, 6) is 1.98. The standard InChI is InChI=1S/C17H24N4O2/c1-4-8-21(9-5-2)17(22)15-11-16(20-13(3)19-15)18-12-14-7-6-10-23-14/h6-7,10-11H,4-5,8-9,12H2,1-3H3,(H,18,19,20). The Bertz CT molecular complexity index is 620. The maximum absolute atomic E-state index is 12.7. The van der Waals surface area contributed by atoms with Crippen LogP contribution in [0.1, 0.15) is 48.8 Å². The van der Waals surface area contributed by atoms with E-state index in [4.69, 9.17) is 4.42 Å². The van der Waals surface area contributed by atoms with Crippen LogP contribution in [0.4, 0.5) is 5.82 Å². The van der Waals surface area contributed by atoms with E-state index in [1.165, 1.54) is 0 Å². The Balaban J connectivity index is 2.13. The fourth-order valence-corrected chi connectivity index (χ4v) is 2.38. The first kappa shape index (κ1) is 17.0. The van der Waals surface area contributed by atoms with Gasteiger partial charge in [0.25, 0.3) is 5.91 Å². The molecular formula is C17H24N4O2. The Hall–Kier alpha value is -2.37. The van der Waals surface area contributed by atoms with Crippen molar-refractivity contribution in [1.29, 1.82) is 0 Å². The summed E-state index contributed by atoms with van der Waals surface area (Å²) in [5, 5.41) is 3.17. The number of anilines is 1. The van der Waals surface area contributed by atoms with Crippen molar-refractivity contribution in [3.8, 4) is 0 Å². The molecule has 0 aliphatic heterocycles. The molecular weight excluding hydrogens is 292 g/mol. The zero-order valence-corrected chi connectivity index (χ0v) is 14.0. The van der Waals surface area contributed by atoms with Crippen LogP contribution < -0.4 is 5.32 Å². The average Bonchev–Trinajstić information content (AvgIpc) is 3.05. The Morgan fingerprint density at radius 3 is 2.61 bits per heavy atom. The molecule has 23 heavy (non-hydrogen) atoms. The van der Waals surface area contributed by atoms with Crippen LogP contribution in [0, 0.1) is 6.92 Å². The lowest BCUT2D eigenvalue weighted by atomic mass is 10.2. The minimum Gasteiger partial charge on any atom is -0.467 e. The minimum absolute atomic E-state index is 0.0414. The molecule has 2 heterocycles. The molecule has 0 saturated carbocycles. The number of carbonyl (C=O) groups excluding carboxylic acids is 1. The van der Waals surface area contributed by atoms with Gasteiger partial charge < -0.3 is 14.6 Å². The van der Waals surface area contributed by atoms with Gasteiger partial charge in [-0.25, -0.2) is 9.97 Å². The number of hydrogen-bond donors (Lipinski definition) is 1. The maximum Gasteiger partial charge on any atom is 0.272 e. The van der Waals surface area contributed by atoms with E-state index in [0.29, 0.717) is 23.9 Å². The lowest BCUT2D eigenvalue weighted by Gasteiger charge is -2.21. The molecule has 0 fully saturated rings. The van der Waals surface area contributed by atoms with Gasteiger partial charge in [0.2, 0.25) is 0 Å². The molecule has 0 saturated heterocycles. The molecule has 0 spiro atoms. The van der Waals surface area contributed by atoms with Crippen molar-refractivity contribution in [3.05, 3.63) is 41.7 Å². The van der Waals surface area contributed by atoms with Crippen LogP contribution in [0.15, 0.2) is 28.9 Å². The van der Waals surface area contributed by atoms with Crippen molar-refractivity contribution >= 4 is 11.7 Å². The number of amides is 1. The zero-order valence-electron chi connectivity index (χ0n) is 14.0. The molecule has 0 aromatic carbocycles. The highest BCUT2D eigenvalue weighted by atomic mass is 16.3. The van der Waals surface area contributed by atoms with Crippen molar-refractivity contribution in [2.24, 2.45) is 0 Å². The van der Waals surface area contributed by atoms with Crippen molar-refractivity contribution < 1.29 is 9.21 Å². The summed E-state index contributed by atoms with van der Waals surface area (Å²) >= 11 is 0. The van der Waals surface area contributed by atoms with Crippen LogP contribution in [0.25, 0.3) is 0 Å². The molecule has 1 N–H and O–H groups in total. The van der Waals surface area contributed by atoms with E-state index in [9.17, 15) is 4.79 Å². The second kappa shape index (κ2) is 8.31. The van der Waals surface area contributed by atoms with E-state index in [1.54, 1.807) is 19.3 Å². The first-order valence-corrected chi connectivity index (χ1v) is 8.05. The molecule has 6 heteroatoms. The molecule has 0 radical (unpaired) electrons. The first-order chi connectivity index (χ1) is 11.1. The van der Waals surface area contributed by atoms with Crippen LogP contribution in [-0.4, -0.2) is 33.9 Å². The maximum atomic E-state index is 12.7. The van der Waals surface area contributed by atoms with Crippen LogP contribution in [0.5, 0.6) is 0 Å². The number of carbonyl (C=O) groups is 1. The summed E-state index contributed by atoms with van der Waals surface area (Å²) < 4.78 is 5.28. The molecule has 0 aliphatic carbocycles. The van der Waals surface area contributed by atoms with Crippen molar-refractivity contribution in [1.82, 2.24) is 14.9 Å². The van der Waals surface area contributed by atoms with Gasteiger partial charge in [0, 0.05) is 19.2 Å². The fraction of sp³-hybridized carbons (Fsp3) is 0.471. The van der Waals surface area contributed by atoms with E-state index < -0.39 is 0 Å². The van der Waals surface area contributed by atoms with Crippen LogP contribution in [0.2, 0.25) is 0 Å². The smallest absolute Gasteiger partial charge is 0.272 e. The molecule has 0 unspecified atom stereocenters. The van der Waals surface area contributed by atoms with Gasteiger partial charge in [-0.15, -0.1) is 0 Å². The third-order valence-electron chi connectivity index (χ3n) is 3.36. The van der Waals surface area contributed by atoms with E-state index in [1.807, 2.05) is 17.0 Å². The first-order valence-electron chi connectivity index (χ1n) is 8.05. The van der Waals surface area contributed by atoms with Gasteiger partial charge in [-0.3, -0.25) is 4.79 Å². The molecule has 2 rings (SSSR count). The number of furan rings is 1. The number of aryl methyl sites for hydroxylation is 1. The number of aromatic nitrogens is 2. The molecule has 124 valence electrons. The Morgan fingerprint density at radius 2 is 2.00 bits per heavy atom. The fourth-order valence-electron chi connectivity index (χ4n) is 2.38. The molecule has 0 aliphatic rings. The summed E-state index contributed by atoms with van der Waals surface area (Å²) in [4.78, 5) is 23.1. The summed E-state index contributed by atoms with van der Waals surface area (Å²) in [6.07, 6.45) is 3.49. The predicted octanol–water partition coefficient (Wildman–Crippen LogP) is 3.25. The summed E-state index contributed by atoms with van der Waals surface area (Å²) in [7, 11) is 0. The number of nitrogens with one attached hydrogen (secondary N) is 1. The Kier molecular flexibility index (Phi) is 6.14. The summed E-state index contributed by atoms with van der Waals surface area (Å²) in [5.41, 5.74) is 0.432. The highest BCUT2D eigenvalue weighted by Crippen LogP contribution is 2.12. The largest absolute Gasteiger partial charge is 0.467 e. The summed E-state index contributed by atoms with van der Waals surface area (Å²) in [6.45, 7) is 7.92. The number of rotatable bonds is 8. The Labute approximate surface area is 136 Å². The van der Waals surface area contributed by atoms with Gasteiger partial charge in [-0.2, -0.15) is 0 Å². The van der Waals surface area contributed by atoms with E-state index in [2.05, 4.69) is 29.1 Å². The van der Waals surface area contributed by atoms with Gasteiger partial charge in [-0.05, 0) is 31.9 Å².